The lowest BCUT2D eigenvalue weighted by Crippen LogP contribution is -2.32. The molecule has 1 aliphatic heterocycles. The number of nitrogens with one attached hydrogen (secondary N) is 1. The average molecular weight is 298 g/mol. The molecule has 2 unspecified atom stereocenters. The van der Waals surface area contributed by atoms with Gasteiger partial charge in [-0.2, -0.15) is 0 Å². The molecule has 1 fully saturated rings. The fraction of sp³-hybridized carbons (Fsp3) is 0.368. The summed E-state index contributed by atoms with van der Waals surface area (Å²) < 4.78 is 13.4. The van der Waals surface area contributed by atoms with Crippen molar-refractivity contribution in [1.29, 1.82) is 0 Å². The highest BCUT2D eigenvalue weighted by molar-refractivity contribution is 5.32. The van der Waals surface area contributed by atoms with Crippen LogP contribution in [-0.2, 0) is 6.54 Å². The molecule has 0 aromatic heterocycles. The van der Waals surface area contributed by atoms with Crippen molar-refractivity contribution < 1.29 is 4.39 Å². The van der Waals surface area contributed by atoms with E-state index in [9.17, 15) is 4.39 Å². The van der Waals surface area contributed by atoms with Gasteiger partial charge in [-0.1, -0.05) is 36.4 Å². The van der Waals surface area contributed by atoms with E-state index in [2.05, 4.69) is 40.5 Å². The number of hydrogen-bond donors (Lipinski definition) is 1. The molecule has 0 radical (unpaired) electrons. The predicted octanol–water partition coefficient (Wildman–Crippen LogP) is 3.32. The molecule has 1 N–H and O–H groups in total. The van der Waals surface area contributed by atoms with Gasteiger partial charge in [0.1, 0.15) is 5.82 Å². The van der Waals surface area contributed by atoms with Crippen LogP contribution in [0.3, 0.4) is 0 Å². The van der Waals surface area contributed by atoms with Crippen molar-refractivity contribution in [3.63, 3.8) is 0 Å². The second-order valence-corrected chi connectivity index (χ2v) is 6.18. The van der Waals surface area contributed by atoms with Gasteiger partial charge in [-0.15, -0.1) is 0 Å². The fourth-order valence-corrected chi connectivity index (χ4v) is 3.52. The Hall–Kier alpha value is -1.71. The van der Waals surface area contributed by atoms with Gasteiger partial charge < -0.3 is 5.32 Å². The molecule has 0 amide bonds. The Morgan fingerprint density at radius 3 is 2.59 bits per heavy atom. The molecule has 0 spiro atoms. The average Bonchev–Trinajstić information content (AvgIpc) is 2.91. The van der Waals surface area contributed by atoms with Crippen molar-refractivity contribution in [2.75, 3.05) is 20.1 Å². The van der Waals surface area contributed by atoms with Crippen LogP contribution in [0.1, 0.15) is 22.6 Å². The first kappa shape index (κ1) is 15.2. The Balaban J connectivity index is 1.77. The van der Waals surface area contributed by atoms with Crippen LogP contribution in [-0.4, -0.2) is 31.1 Å². The van der Waals surface area contributed by atoms with Crippen LogP contribution in [0.2, 0.25) is 0 Å². The predicted molar refractivity (Wildman–Crippen MR) is 88.4 cm³/mol. The van der Waals surface area contributed by atoms with Gasteiger partial charge in [0, 0.05) is 31.6 Å². The lowest BCUT2D eigenvalue weighted by Gasteiger charge is -2.20. The van der Waals surface area contributed by atoms with Crippen molar-refractivity contribution in [2.45, 2.75) is 25.4 Å². The molecule has 2 aromatic rings. The molecule has 1 heterocycles. The van der Waals surface area contributed by atoms with E-state index in [4.69, 9.17) is 0 Å². The number of rotatable bonds is 4. The highest BCUT2D eigenvalue weighted by atomic mass is 19.1. The molecule has 2 aromatic carbocycles. The zero-order valence-electron chi connectivity index (χ0n) is 13.2. The Morgan fingerprint density at radius 2 is 1.91 bits per heavy atom. The summed E-state index contributed by atoms with van der Waals surface area (Å²) in [7, 11) is 2.02. The summed E-state index contributed by atoms with van der Waals surface area (Å²) in [6.07, 6.45) is 0. The summed E-state index contributed by atoms with van der Waals surface area (Å²) in [6, 6.07) is 16.1. The van der Waals surface area contributed by atoms with Gasteiger partial charge in [-0.25, -0.2) is 4.39 Å². The molecule has 3 rings (SSSR count). The largest absolute Gasteiger partial charge is 0.315 e. The van der Waals surface area contributed by atoms with Crippen LogP contribution in [0.5, 0.6) is 0 Å². The van der Waals surface area contributed by atoms with Crippen molar-refractivity contribution in [1.82, 2.24) is 10.2 Å². The number of nitrogens with zero attached hydrogens (tertiary/aromatic N) is 1. The first-order valence-electron chi connectivity index (χ1n) is 7.87. The second-order valence-electron chi connectivity index (χ2n) is 6.18. The number of hydrogen-bond acceptors (Lipinski definition) is 2. The standard InChI is InChI=1S/C19H23FN2/c1-14-10-16(20)8-9-17(14)18-12-22(13-19(18)21-2)11-15-6-4-3-5-7-15/h3-10,18-19,21H,11-13H2,1-2H3. The van der Waals surface area contributed by atoms with Gasteiger partial charge in [-0.3, -0.25) is 4.90 Å². The Bertz CT molecular complexity index is 627. The molecule has 2 atom stereocenters. The monoisotopic (exact) mass is 298 g/mol. The Labute approximate surface area is 132 Å². The summed E-state index contributed by atoms with van der Waals surface area (Å²) in [5, 5.41) is 3.43. The summed E-state index contributed by atoms with van der Waals surface area (Å²) in [5.41, 5.74) is 3.65. The maximum absolute atomic E-state index is 13.4. The van der Waals surface area contributed by atoms with E-state index in [-0.39, 0.29) is 5.82 Å². The van der Waals surface area contributed by atoms with Crippen LogP contribution in [0.15, 0.2) is 48.5 Å². The molecule has 22 heavy (non-hydrogen) atoms. The van der Waals surface area contributed by atoms with E-state index in [1.165, 1.54) is 11.1 Å². The minimum Gasteiger partial charge on any atom is -0.315 e. The summed E-state index contributed by atoms with van der Waals surface area (Å²) in [6.45, 7) is 5.00. The topological polar surface area (TPSA) is 15.3 Å². The molecular weight excluding hydrogens is 275 g/mol. The molecule has 1 saturated heterocycles. The van der Waals surface area contributed by atoms with E-state index in [0.29, 0.717) is 12.0 Å². The quantitative estimate of drug-likeness (QED) is 0.931. The Kier molecular flexibility index (Phi) is 4.55. The van der Waals surface area contributed by atoms with Gasteiger partial charge in [0.15, 0.2) is 0 Å². The van der Waals surface area contributed by atoms with Crippen molar-refractivity contribution in [3.8, 4) is 0 Å². The highest BCUT2D eigenvalue weighted by Crippen LogP contribution is 2.31. The molecule has 0 aliphatic carbocycles. The van der Waals surface area contributed by atoms with Crippen LogP contribution in [0, 0.1) is 12.7 Å². The normalized spacial score (nSPS) is 22.1. The van der Waals surface area contributed by atoms with E-state index < -0.39 is 0 Å². The smallest absolute Gasteiger partial charge is 0.123 e. The number of likely N-dealkylation sites (N-methyl/N-ethyl adjacent to an activating group) is 1. The summed E-state index contributed by atoms with van der Waals surface area (Å²) >= 11 is 0. The maximum atomic E-state index is 13.4. The van der Waals surface area contributed by atoms with Gasteiger partial charge in [0.2, 0.25) is 0 Å². The Morgan fingerprint density at radius 1 is 1.14 bits per heavy atom. The van der Waals surface area contributed by atoms with Crippen LogP contribution in [0.4, 0.5) is 4.39 Å². The third-order valence-corrected chi connectivity index (χ3v) is 4.65. The summed E-state index contributed by atoms with van der Waals surface area (Å²) in [5.74, 6) is 0.260. The first-order chi connectivity index (χ1) is 10.7. The third kappa shape index (κ3) is 3.21. The van der Waals surface area contributed by atoms with Gasteiger partial charge in [-0.05, 0) is 42.8 Å². The zero-order valence-corrected chi connectivity index (χ0v) is 13.2. The lowest BCUT2D eigenvalue weighted by molar-refractivity contribution is 0.320. The van der Waals surface area contributed by atoms with Crippen molar-refractivity contribution in [2.24, 2.45) is 0 Å². The maximum Gasteiger partial charge on any atom is 0.123 e. The second kappa shape index (κ2) is 6.59. The minimum absolute atomic E-state index is 0.151. The van der Waals surface area contributed by atoms with Gasteiger partial charge >= 0.3 is 0 Å². The van der Waals surface area contributed by atoms with Crippen LogP contribution in [0.25, 0.3) is 0 Å². The number of halogens is 1. The molecule has 3 heteroatoms. The molecule has 2 nitrogen and oxygen atoms in total. The zero-order chi connectivity index (χ0) is 15.5. The fourth-order valence-electron chi connectivity index (χ4n) is 3.52. The van der Waals surface area contributed by atoms with Gasteiger partial charge in [0.05, 0.1) is 0 Å². The number of likely N-dealkylation sites (tertiary alicyclic amines) is 1. The molecule has 116 valence electrons. The molecule has 0 saturated carbocycles. The molecular formula is C19H23FN2. The van der Waals surface area contributed by atoms with Gasteiger partial charge in [0.25, 0.3) is 0 Å². The third-order valence-electron chi connectivity index (χ3n) is 4.65. The van der Waals surface area contributed by atoms with E-state index >= 15 is 0 Å². The van der Waals surface area contributed by atoms with Crippen molar-refractivity contribution in [3.05, 3.63) is 71.0 Å². The number of benzene rings is 2. The minimum atomic E-state index is -0.151. The number of aryl methyl sites for hydroxylation is 1. The van der Waals surface area contributed by atoms with Crippen LogP contribution < -0.4 is 5.32 Å². The molecule has 1 aliphatic rings. The van der Waals surface area contributed by atoms with E-state index in [1.807, 2.05) is 20.0 Å². The van der Waals surface area contributed by atoms with Crippen LogP contribution >= 0.6 is 0 Å². The highest BCUT2D eigenvalue weighted by Gasteiger charge is 2.33. The summed E-state index contributed by atoms with van der Waals surface area (Å²) in [4.78, 5) is 2.48. The lowest BCUT2D eigenvalue weighted by atomic mass is 9.91. The van der Waals surface area contributed by atoms with E-state index in [1.54, 1.807) is 12.1 Å². The first-order valence-corrected chi connectivity index (χ1v) is 7.87. The SMILES string of the molecule is CNC1CN(Cc2ccccc2)CC1c1ccc(F)cc1C. The molecule has 0 bridgehead atoms. The van der Waals surface area contributed by atoms with Crippen molar-refractivity contribution >= 4 is 0 Å². The van der Waals surface area contributed by atoms with E-state index in [0.717, 1.165) is 25.2 Å².